The van der Waals surface area contributed by atoms with Crippen molar-refractivity contribution >= 4 is 24.8 Å². The van der Waals surface area contributed by atoms with Crippen LogP contribution in [0.15, 0.2) is 36.2 Å². The van der Waals surface area contributed by atoms with Gasteiger partial charge in [-0.3, -0.25) is 4.98 Å². The zero-order valence-electron chi connectivity index (χ0n) is 10.6. The Morgan fingerprint density at radius 3 is 2.56 bits per heavy atom. The molecule has 1 aliphatic carbocycles. The molecule has 0 saturated carbocycles. The summed E-state index contributed by atoms with van der Waals surface area (Å²) in [6.45, 7) is 2.05. The predicted octanol–water partition coefficient (Wildman–Crippen LogP) is 3.91. The summed E-state index contributed by atoms with van der Waals surface area (Å²) in [5.41, 5.74) is 2.96. The lowest BCUT2D eigenvalue weighted by atomic mass is 9.97. The third kappa shape index (κ3) is 6.39. The van der Waals surface area contributed by atoms with Crippen LogP contribution in [0.1, 0.15) is 37.7 Å². The van der Waals surface area contributed by atoms with Crippen molar-refractivity contribution in [2.75, 3.05) is 6.54 Å². The number of aromatic nitrogens is 1. The molecule has 0 amide bonds. The van der Waals surface area contributed by atoms with Crippen LogP contribution in [0.4, 0.5) is 0 Å². The van der Waals surface area contributed by atoms with E-state index in [0.29, 0.717) is 0 Å². The van der Waals surface area contributed by atoms with Crippen molar-refractivity contribution in [2.45, 2.75) is 38.6 Å². The maximum Gasteiger partial charge on any atom is 0.0271 e. The average molecular weight is 289 g/mol. The Hall–Kier alpha value is -0.570. The van der Waals surface area contributed by atoms with E-state index in [1.165, 1.54) is 37.7 Å². The lowest BCUT2D eigenvalue weighted by Crippen LogP contribution is -2.15. The van der Waals surface area contributed by atoms with Gasteiger partial charge in [-0.15, -0.1) is 24.8 Å². The van der Waals surface area contributed by atoms with E-state index in [4.69, 9.17) is 0 Å². The summed E-state index contributed by atoms with van der Waals surface area (Å²) in [7, 11) is 0. The van der Waals surface area contributed by atoms with Crippen LogP contribution in [0.3, 0.4) is 0 Å². The Balaban J connectivity index is 0.00000144. The SMILES string of the molecule is C1=C(CCNCc2ccncc2)CCCC1.Cl.Cl. The lowest BCUT2D eigenvalue weighted by molar-refractivity contribution is 0.632. The Morgan fingerprint density at radius 2 is 1.89 bits per heavy atom. The van der Waals surface area contributed by atoms with Gasteiger partial charge in [0.2, 0.25) is 0 Å². The Bertz CT molecular complexity index is 339. The van der Waals surface area contributed by atoms with Crippen LogP contribution in [0.2, 0.25) is 0 Å². The minimum absolute atomic E-state index is 0. The lowest BCUT2D eigenvalue weighted by Gasteiger charge is -2.12. The molecule has 4 heteroatoms. The minimum Gasteiger partial charge on any atom is -0.312 e. The molecule has 0 aromatic carbocycles. The van der Waals surface area contributed by atoms with E-state index in [9.17, 15) is 0 Å². The number of pyridine rings is 1. The molecule has 1 heterocycles. The molecular formula is C14H22Cl2N2. The highest BCUT2D eigenvalue weighted by molar-refractivity contribution is 5.85. The zero-order chi connectivity index (χ0) is 11.1. The summed E-state index contributed by atoms with van der Waals surface area (Å²) in [6, 6.07) is 4.12. The Kier molecular flexibility index (Phi) is 10.0. The largest absolute Gasteiger partial charge is 0.312 e. The standard InChI is InChI=1S/C14H20N2.2ClH/c1-2-4-13(5-3-1)6-11-16-12-14-7-9-15-10-8-14;;/h4,7-10,16H,1-3,5-6,11-12H2;2*1H. The van der Waals surface area contributed by atoms with Gasteiger partial charge in [0.05, 0.1) is 0 Å². The van der Waals surface area contributed by atoms with E-state index in [-0.39, 0.29) is 24.8 Å². The van der Waals surface area contributed by atoms with Gasteiger partial charge in [0.1, 0.15) is 0 Å². The highest BCUT2D eigenvalue weighted by Gasteiger charge is 2.02. The molecule has 0 atom stereocenters. The van der Waals surface area contributed by atoms with Crippen molar-refractivity contribution in [1.82, 2.24) is 10.3 Å². The molecule has 0 fully saturated rings. The Labute approximate surface area is 122 Å². The number of nitrogens with zero attached hydrogens (tertiary/aromatic N) is 1. The van der Waals surface area contributed by atoms with E-state index < -0.39 is 0 Å². The van der Waals surface area contributed by atoms with Gasteiger partial charge in [-0.1, -0.05) is 11.6 Å². The van der Waals surface area contributed by atoms with E-state index in [1.807, 2.05) is 12.4 Å². The first-order chi connectivity index (χ1) is 7.95. The van der Waals surface area contributed by atoms with Gasteiger partial charge < -0.3 is 5.32 Å². The van der Waals surface area contributed by atoms with Crippen LogP contribution in [0.25, 0.3) is 0 Å². The minimum atomic E-state index is 0. The molecule has 18 heavy (non-hydrogen) atoms. The quantitative estimate of drug-likeness (QED) is 0.656. The monoisotopic (exact) mass is 288 g/mol. The molecule has 2 rings (SSSR count). The van der Waals surface area contributed by atoms with Crippen LogP contribution in [-0.2, 0) is 6.54 Å². The second kappa shape index (κ2) is 10.4. The van der Waals surface area contributed by atoms with Crippen LogP contribution in [-0.4, -0.2) is 11.5 Å². The van der Waals surface area contributed by atoms with E-state index >= 15 is 0 Å². The van der Waals surface area contributed by atoms with Gasteiger partial charge in [-0.2, -0.15) is 0 Å². The number of nitrogens with one attached hydrogen (secondary N) is 1. The number of hydrogen-bond acceptors (Lipinski definition) is 2. The molecule has 1 aromatic heterocycles. The van der Waals surface area contributed by atoms with Crippen molar-refractivity contribution in [2.24, 2.45) is 0 Å². The first-order valence-electron chi connectivity index (χ1n) is 6.23. The van der Waals surface area contributed by atoms with E-state index in [0.717, 1.165) is 13.1 Å². The summed E-state index contributed by atoms with van der Waals surface area (Å²) >= 11 is 0. The van der Waals surface area contributed by atoms with Gasteiger partial charge in [0, 0.05) is 18.9 Å². The molecule has 0 unspecified atom stereocenters. The van der Waals surface area contributed by atoms with Gasteiger partial charge in [-0.25, -0.2) is 0 Å². The molecule has 1 aromatic rings. The zero-order valence-corrected chi connectivity index (χ0v) is 12.2. The Morgan fingerprint density at radius 1 is 1.11 bits per heavy atom. The summed E-state index contributed by atoms with van der Waals surface area (Å²) in [4.78, 5) is 4.01. The molecule has 0 spiro atoms. The molecule has 0 aliphatic heterocycles. The third-order valence-corrected chi connectivity index (χ3v) is 3.09. The number of hydrogen-bond donors (Lipinski definition) is 1. The van der Waals surface area contributed by atoms with Crippen LogP contribution in [0.5, 0.6) is 0 Å². The molecule has 0 saturated heterocycles. The maximum atomic E-state index is 4.01. The molecule has 0 radical (unpaired) electrons. The second-order valence-electron chi connectivity index (χ2n) is 4.39. The van der Waals surface area contributed by atoms with Crippen LogP contribution >= 0.6 is 24.8 Å². The normalized spacial score (nSPS) is 14.1. The summed E-state index contributed by atoms with van der Waals surface area (Å²) in [5.74, 6) is 0. The van der Waals surface area contributed by atoms with Crippen molar-refractivity contribution in [1.29, 1.82) is 0 Å². The van der Waals surface area contributed by atoms with E-state index in [2.05, 4.69) is 28.5 Å². The summed E-state index contributed by atoms with van der Waals surface area (Å²) < 4.78 is 0. The predicted molar refractivity (Wildman–Crippen MR) is 81.6 cm³/mol. The molecule has 1 aliphatic rings. The number of halogens is 2. The fourth-order valence-corrected chi connectivity index (χ4v) is 2.11. The third-order valence-electron chi connectivity index (χ3n) is 3.09. The van der Waals surface area contributed by atoms with Crippen LogP contribution in [0, 0.1) is 0 Å². The molecule has 102 valence electrons. The fraction of sp³-hybridized carbons (Fsp3) is 0.500. The van der Waals surface area contributed by atoms with Crippen molar-refractivity contribution in [3.63, 3.8) is 0 Å². The van der Waals surface area contributed by atoms with Crippen molar-refractivity contribution in [3.05, 3.63) is 41.7 Å². The molecule has 1 N–H and O–H groups in total. The second-order valence-corrected chi connectivity index (χ2v) is 4.39. The topological polar surface area (TPSA) is 24.9 Å². The van der Waals surface area contributed by atoms with Gasteiger partial charge in [-0.05, 0) is 56.3 Å². The summed E-state index contributed by atoms with van der Waals surface area (Å²) in [6.07, 6.45) is 12.7. The van der Waals surface area contributed by atoms with E-state index in [1.54, 1.807) is 5.57 Å². The fourth-order valence-electron chi connectivity index (χ4n) is 2.11. The first kappa shape index (κ1) is 17.4. The highest BCUT2D eigenvalue weighted by atomic mass is 35.5. The molecule has 0 bridgehead atoms. The molecule has 2 nitrogen and oxygen atoms in total. The van der Waals surface area contributed by atoms with Gasteiger partial charge in [0.15, 0.2) is 0 Å². The van der Waals surface area contributed by atoms with Crippen LogP contribution < -0.4 is 5.32 Å². The number of rotatable bonds is 5. The first-order valence-corrected chi connectivity index (χ1v) is 6.23. The number of allylic oxidation sites excluding steroid dienone is 1. The highest BCUT2D eigenvalue weighted by Crippen LogP contribution is 2.19. The van der Waals surface area contributed by atoms with Gasteiger partial charge >= 0.3 is 0 Å². The average Bonchev–Trinajstić information content (AvgIpc) is 2.37. The summed E-state index contributed by atoms with van der Waals surface area (Å²) in [5, 5.41) is 3.48. The smallest absolute Gasteiger partial charge is 0.0271 e. The maximum absolute atomic E-state index is 4.01. The molecular weight excluding hydrogens is 267 g/mol. The van der Waals surface area contributed by atoms with Crippen molar-refractivity contribution in [3.8, 4) is 0 Å². The van der Waals surface area contributed by atoms with Gasteiger partial charge in [0.25, 0.3) is 0 Å². The van der Waals surface area contributed by atoms with Crippen molar-refractivity contribution < 1.29 is 0 Å².